The van der Waals surface area contributed by atoms with E-state index in [1.54, 1.807) is 36.4 Å². The lowest BCUT2D eigenvalue weighted by atomic mass is 9.89. The van der Waals surface area contributed by atoms with Gasteiger partial charge in [-0.3, -0.25) is 0 Å². The number of nitrogens with one attached hydrogen (secondary N) is 1. The fourth-order valence-electron chi connectivity index (χ4n) is 3.11. The molecule has 0 radical (unpaired) electrons. The van der Waals surface area contributed by atoms with E-state index in [0.29, 0.717) is 11.1 Å². The quantitative estimate of drug-likeness (QED) is 0.838. The molecular formula is C21H14N4O. The molecule has 0 spiro atoms. The number of nitrogens with zero attached hydrogens (tertiary/aromatic N) is 3. The highest BCUT2D eigenvalue weighted by molar-refractivity contribution is 5.85. The number of hydrogen-bond acceptors (Lipinski definition) is 5. The largest absolute Gasteiger partial charge is 0.367 e. The maximum atomic E-state index is 11.4. The van der Waals surface area contributed by atoms with Crippen LogP contribution in [-0.4, -0.2) is 10.8 Å². The minimum atomic E-state index is -1.61. The zero-order valence-corrected chi connectivity index (χ0v) is 13.8. The van der Waals surface area contributed by atoms with Gasteiger partial charge < -0.3 is 10.4 Å². The Kier molecular flexibility index (Phi) is 4.54. The Bertz CT molecular complexity index is 1000. The van der Waals surface area contributed by atoms with Crippen molar-refractivity contribution in [1.29, 1.82) is 15.8 Å². The molecule has 0 aliphatic carbocycles. The molecule has 0 aromatic heterocycles. The van der Waals surface area contributed by atoms with Gasteiger partial charge in [-0.25, -0.2) is 0 Å². The fraction of sp³-hybridized carbons (Fsp3) is 0.0952. The molecule has 1 atom stereocenters. The van der Waals surface area contributed by atoms with Crippen molar-refractivity contribution in [2.75, 3.05) is 0 Å². The van der Waals surface area contributed by atoms with Crippen molar-refractivity contribution in [3.8, 4) is 18.2 Å². The van der Waals surface area contributed by atoms with Crippen molar-refractivity contribution < 1.29 is 5.11 Å². The van der Waals surface area contributed by atoms with E-state index in [1.165, 1.54) is 0 Å². The topological polar surface area (TPSA) is 104 Å². The van der Waals surface area contributed by atoms with Crippen LogP contribution < -0.4 is 5.32 Å². The van der Waals surface area contributed by atoms with Gasteiger partial charge in [-0.05, 0) is 11.1 Å². The van der Waals surface area contributed by atoms with Gasteiger partial charge in [-0.2, -0.15) is 15.8 Å². The number of allylic oxidation sites excluding steroid dienone is 2. The molecule has 5 heteroatoms. The summed E-state index contributed by atoms with van der Waals surface area (Å²) in [5, 5.41) is 42.4. The minimum Gasteiger partial charge on any atom is -0.367 e. The van der Waals surface area contributed by atoms with Crippen LogP contribution in [0.4, 0.5) is 0 Å². The maximum Gasteiger partial charge on any atom is 0.168 e. The average Bonchev–Trinajstić information content (AvgIpc) is 2.96. The van der Waals surface area contributed by atoms with Crippen LogP contribution in [0.5, 0.6) is 0 Å². The smallest absolute Gasteiger partial charge is 0.168 e. The lowest BCUT2D eigenvalue weighted by molar-refractivity contribution is 0.0833. The molecule has 0 saturated heterocycles. The summed E-state index contributed by atoms with van der Waals surface area (Å²) in [6, 6.07) is 24.0. The highest BCUT2D eigenvalue weighted by atomic mass is 16.3. The van der Waals surface area contributed by atoms with Crippen molar-refractivity contribution in [2.45, 2.75) is 12.1 Å². The van der Waals surface area contributed by atoms with Crippen molar-refractivity contribution in [1.82, 2.24) is 5.32 Å². The summed E-state index contributed by atoms with van der Waals surface area (Å²) in [4.78, 5) is 0. The normalized spacial score (nSPS) is 18.5. The van der Waals surface area contributed by atoms with E-state index in [-0.39, 0.29) is 23.3 Å². The summed E-state index contributed by atoms with van der Waals surface area (Å²) in [6.45, 7) is 0. The van der Waals surface area contributed by atoms with Gasteiger partial charge in [0.15, 0.2) is 11.3 Å². The molecule has 2 aromatic rings. The van der Waals surface area contributed by atoms with Crippen LogP contribution in [0.25, 0.3) is 5.57 Å². The first-order valence-electron chi connectivity index (χ1n) is 7.92. The van der Waals surface area contributed by atoms with Crippen LogP contribution in [-0.2, 0) is 6.42 Å². The third kappa shape index (κ3) is 2.94. The van der Waals surface area contributed by atoms with Crippen molar-refractivity contribution in [2.24, 2.45) is 0 Å². The van der Waals surface area contributed by atoms with Crippen LogP contribution >= 0.6 is 0 Å². The molecule has 3 rings (SSSR count). The van der Waals surface area contributed by atoms with Crippen LogP contribution in [0.2, 0.25) is 0 Å². The summed E-state index contributed by atoms with van der Waals surface area (Å²) >= 11 is 0. The van der Waals surface area contributed by atoms with E-state index >= 15 is 0 Å². The number of nitriles is 3. The van der Waals surface area contributed by atoms with Crippen LogP contribution in [0, 0.1) is 34.0 Å². The Morgan fingerprint density at radius 3 is 2.04 bits per heavy atom. The van der Waals surface area contributed by atoms with E-state index in [4.69, 9.17) is 0 Å². The zero-order chi connectivity index (χ0) is 18.6. The Balaban J connectivity index is 2.24. The molecule has 1 aliphatic rings. The minimum absolute atomic E-state index is 0.0646. The molecule has 2 N–H and O–H groups in total. The first-order chi connectivity index (χ1) is 12.6. The van der Waals surface area contributed by atoms with Crippen molar-refractivity contribution in [3.63, 3.8) is 0 Å². The van der Waals surface area contributed by atoms with Gasteiger partial charge in [0.05, 0.1) is 11.3 Å². The third-order valence-electron chi connectivity index (χ3n) is 4.20. The van der Waals surface area contributed by atoms with Gasteiger partial charge in [0.1, 0.15) is 18.2 Å². The van der Waals surface area contributed by atoms with E-state index in [2.05, 4.69) is 5.32 Å². The first kappa shape index (κ1) is 17.0. The molecule has 1 aliphatic heterocycles. The van der Waals surface area contributed by atoms with Crippen LogP contribution in [0.3, 0.4) is 0 Å². The van der Waals surface area contributed by atoms with Gasteiger partial charge in [-0.1, -0.05) is 60.7 Å². The Hall–Kier alpha value is -3.85. The van der Waals surface area contributed by atoms with Gasteiger partial charge in [0, 0.05) is 12.0 Å². The van der Waals surface area contributed by atoms with Gasteiger partial charge in [0.2, 0.25) is 0 Å². The molecule has 0 bridgehead atoms. The molecule has 1 unspecified atom stereocenters. The zero-order valence-electron chi connectivity index (χ0n) is 13.8. The van der Waals surface area contributed by atoms with Crippen molar-refractivity contribution in [3.05, 3.63) is 88.6 Å². The predicted molar refractivity (Wildman–Crippen MR) is 95.5 cm³/mol. The monoisotopic (exact) mass is 338 g/mol. The lowest BCUT2D eigenvalue weighted by Gasteiger charge is -2.28. The molecule has 0 saturated carbocycles. The Morgan fingerprint density at radius 2 is 1.50 bits per heavy atom. The van der Waals surface area contributed by atoms with E-state index in [1.807, 2.05) is 42.5 Å². The summed E-state index contributed by atoms with van der Waals surface area (Å²) in [7, 11) is 0. The SMILES string of the molecule is N#CC(C#N)=C1NC(O)(Cc2ccccc2)C(c2ccccc2)=C1C#N. The summed E-state index contributed by atoms with van der Waals surface area (Å²) < 4.78 is 0. The Morgan fingerprint density at radius 1 is 0.923 bits per heavy atom. The van der Waals surface area contributed by atoms with E-state index in [0.717, 1.165) is 5.56 Å². The summed E-state index contributed by atoms with van der Waals surface area (Å²) in [5.41, 5.74) is 0.191. The number of aliphatic hydroxyl groups is 1. The maximum absolute atomic E-state index is 11.4. The molecule has 5 nitrogen and oxygen atoms in total. The standard InChI is InChI=1S/C21H14N4O/c22-12-17(13-23)20-18(14-24)19(16-9-5-2-6-10-16)21(26,25-20)11-15-7-3-1-4-8-15/h1-10,25-26H,11H2. The molecule has 1 heterocycles. The second-order valence-electron chi connectivity index (χ2n) is 5.85. The van der Waals surface area contributed by atoms with Crippen molar-refractivity contribution >= 4 is 5.57 Å². The molecule has 2 aromatic carbocycles. The molecular weight excluding hydrogens is 324 g/mol. The highest BCUT2D eigenvalue weighted by Crippen LogP contribution is 2.40. The second kappa shape index (κ2) is 6.95. The van der Waals surface area contributed by atoms with Gasteiger partial charge in [0.25, 0.3) is 0 Å². The lowest BCUT2D eigenvalue weighted by Crippen LogP contribution is -2.43. The number of rotatable bonds is 3. The third-order valence-corrected chi connectivity index (χ3v) is 4.20. The number of benzene rings is 2. The second-order valence-corrected chi connectivity index (χ2v) is 5.85. The average molecular weight is 338 g/mol. The molecule has 0 amide bonds. The summed E-state index contributed by atoms with van der Waals surface area (Å²) in [6.07, 6.45) is 0.177. The number of hydrogen-bond donors (Lipinski definition) is 2. The van der Waals surface area contributed by atoms with Gasteiger partial charge >= 0.3 is 0 Å². The Labute approximate surface area is 151 Å². The summed E-state index contributed by atoms with van der Waals surface area (Å²) in [5.74, 6) is 0. The highest BCUT2D eigenvalue weighted by Gasteiger charge is 2.43. The first-order valence-corrected chi connectivity index (χ1v) is 7.92. The molecule has 0 fully saturated rings. The van der Waals surface area contributed by atoms with E-state index < -0.39 is 5.72 Å². The fourth-order valence-corrected chi connectivity index (χ4v) is 3.11. The van der Waals surface area contributed by atoms with Crippen LogP contribution in [0.1, 0.15) is 11.1 Å². The molecule has 26 heavy (non-hydrogen) atoms. The predicted octanol–water partition coefficient (Wildman–Crippen LogP) is 2.80. The van der Waals surface area contributed by atoms with Gasteiger partial charge in [-0.15, -0.1) is 0 Å². The van der Waals surface area contributed by atoms with Crippen LogP contribution in [0.15, 0.2) is 77.5 Å². The van der Waals surface area contributed by atoms with E-state index in [9.17, 15) is 20.9 Å². The molecule has 124 valence electrons.